The first-order valence-electron chi connectivity index (χ1n) is 11.1. The Morgan fingerprint density at radius 3 is 2.52 bits per heavy atom. The van der Waals surface area contributed by atoms with E-state index < -0.39 is 0 Å². The molecule has 5 rings (SSSR count). The van der Waals surface area contributed by atoms with Crippen molar-refractivity contribution in [1.82, 2.24) is 19.8 Å². The van der Waals surface area contributed by atoms with Crippen LogP contribution in [0.15, 0.2) is 30.5 Å². The molecule has 0 bridgehead atoms. The molecule has 3 aliphatic rings. The maximum absolute atomic E-state index is 6.36. The molecule has 0 atom stereocenters. The van der Waals surface area contributed by atoms with E-state index in [1.165, 1.54) is 36.1 Å². The van der Waals surface area contributed by atoms with E-state index in [-0.39, 0.29) is 0 Å². The molecular formula is C23H30ClN5. The summed E-state index contributed by atoms with van der Waals surface area (Å²) in [5.74, 6) is 0.927. The number of halogens is 1. The van der Waals surface area contributed by atoms with Gasteiger partial charge in [0.05, 0.1) is 5.69 Å². The molecule has 2 aliphatic heterocycles. The molecule has 1 aliphatic carbocycles. The summed E-state index contributed by atoms with van der Waals surface area (Å²) in [7, 11) is 0. The van der Waals surface area contributed by atoms with Crippen molar-refractivity contribution in [2.24, 2.45) is 0 Å². The van der Waals surface area contributed by atoms with Crippen molar-refractivity contribution in [3.05, 3.63) is 52.3 Å². The summed E-state index contributed by atoms with van der Waals surface area (Å²) in [6, 6.07) is 9.01. The van der Waals surface area contributed by atoms with Gasteiger partial charge in [-0.15, -0.1) is 0 Å². The fraction of sp³-hybridized carbons (Fsp3) is 0.565. The zero-order valence-corrected chi connectivity index (χ0v) is 17.8. The molecular weight excluding hydrogens is 382 g/mol. The number of anilines is 1. The molecule has 3 heterocycles. The fourth-order valence-electron chi connectivity index (χ4n) is 4.73. The van der Waals surface area contributed by atoms with E-state index in [2.05, 4.69) is 33.0 Å². The second-order valence-electron chi connectivity index (χ2n) is 8.62. The number of rotatable bonds is 4. The second kappa shape index (κ2) is 8.58. The van der Waals surface area contributed by atoms with Crippen molar-refractivity contribution in [2.45, 2.75) is 44.7 Å². The van der Waals surface area contributed by atoms with Gasteiger partial charge in [-0.3, -0.25) is 9.80 Å². The van der Waals surface area contributed by atoms with Crippen LogP contribution < -0.4 is 4.90 Å². The van der Waals surface area contributed by atoms with E-state index in [0.29, 0.717) is 0 Å². The largest absolute Gasteiger partial charge is 0.338 e. The van der Waals surface area contributed by atoms with Gasteiger partial charge in [0.1, 0.15) is 0 Å². The predicted molar refractivity (Wildman–Crippen MR) is 118 cm³/mol. The Hall–Kier alpha value is -1.69. The third kappa shape index (κ3) is 4.27. The number of piperazine rings is 1. The third-order valence-corrected chi connectivity index (χ3v) is 7.21. The summed E-state index contributed by atoms with van der Waals surface area (Å²) in [4.78, 5) is 17.3. The van der Waals surface area contributed by atoms with Gasteiger partial charge in [0.25, 0.3) is 0 Å². The van der Waals surface area contributed by atoms with Crippen LogP contribution >= 0.6 is 11.6 Å². The molecule has 2 aromatic rings. The number of benzene rings is 1. The summed E-state index contributed by atoms with van der Waals surface area (Å²) < 4.78 is 0. The smallest absolute Gasteiger partial charge is 0.225 e. The SMILES string of the molecule is Clc1ccccc1CN1CCc2cnc(N3CCN(C4CCC4)CC3)nc2CC1. The minimum Gasteiger partial charge on any atom is -0.338 e. The van der Waals surface area contributed by atoms with Crippen molar-refractivity contribution < 1.29 is 0 Å². The predicted octanol–water partition coefficient (Wildman–Crippen LogP) is 3.41. The molecule has 1 aromatic heterocycles. The van der Waals surface area contributed by atoms with Gasteiger partial charge in [0.15, 0.2) is 0 Å². The molecule has 0 amide bonds. The van der Waals surface area contributed by atoms with Gasteiger partial charge in [-0.25, -0.2) is 9.97 Å². The molecule has 0 radical (unpaired) electrons. The molecule has 1 saturated heterocycles. The minimum absolute atomic E-state index is 0.842. The Balaban J connectivity index is 1.21. The molecule has 154 valence electrons. The summed E-state index contributed by atoms with van der Waals surface area (Å²) in [6.07, 6.45) is 8.26. The number of aromatic nitrogens is 2. The summed E-state index contributed by atoms with van der Waals surface area (Å²) in [5, 5.41) is 0.859. The molecule has 1 aromatic carbocycles. The van der Waals surface area contributed by atoms with Crippen LogP contribution in [0, 0.1) is 0 Å². The van der Waals surface area contributed by atoms with E-state index in [0.717, 1.165) is 75.7 Å². The number of hydrogen-bond acceptors (Lipinski definition) is 5. The van der Waals surface area contributed by atoms with Gasteiger partial charge in [0, 0.05) is 69.5 Å². The van der Waals surface area contributed by atoms with Crippen LogP contribution in [0.25, 0.3) is 0 Å². The van der Waals surface area contributed by atoms with Crippen LogP contribution in [0.5, 0.6) is 0 Å². The monoisotopic (exact) mass is 411 g/mol. The molecule has 1 saturated carbocycles. The first-order chi connectivity index (χ1) is 14.3. The zero-order chi connectivity index (χ0) is 19.6. The first-order valence-corrected chi connectivity index (χ1v) is 11.4. The quantitative estimate of drug-likeness (QED) is 0.770. The van der Waals surface area contributed by atoms with Gasteiger partial charge in [0.2, 0.25) is 5.95 Å². The number of nitrogens with zero attached hydrogens (tertiary/aromatic N) is 5. The topological polar surface area (TPSA) is 35.5 Å². The highest BCUT2D eigenvalue weighted by molar-refractivity contribution is 6.31. The molecule has 0 spiro atoms. The van der Waals surface area contributed by atoms with Crippen molar-refractivity contribution in [3.8, 4) is 0 Å². The molecule has 29 heavy (non-hydrogen) atoms. The fourth-order valence-corrected chi connectivity index (χ4v) is 4.92. The van der Waals surface area contributed by atoms with Crippen LogP contribution in [0.4, 0.5) is 5.95 Å². The van der Waals surface area contributed by atoms with Crippen LogP contribution in [0.1, 0.15) is 36.1 Å². The van der Waals surface area contributed by atoms with Gasteiger partial charge in [-0.2, -0.15) is 0 Å². The highest BCUT2D eigenvalue weighted by Gasteiger charge is 2.29. The Bertz CT molecular complexity index is 845. The summed E-state index contributed by atoms with van der Waals surface area (Å²) >= 11 is 6.36. The molecule has 0 N–H and O–H groups in total. The Kier molecular flexibility index (Phi) is 5.71. The first kappa shape index (κ1) is 19.3. The molecule has 6 heteroatoms. The average molecular weight is 412 g/mol. The van der Waals surface area contributed by atoms with E-state index in [1.54, 1.807) is 0 Å². The van der Waals surface area contributed by atoms with Crippen LogP contribution in [-0.2, 0) is 19.4 Å². The van der Waals surface area contributed by atoms with Crippen LogP contribution in [0.3, 0.4) is 0 Å². The van der Waals surface area contributed by atoms with E-state index in [9.17, 15) is 0 Å². The van der Waals surface area contributed by atoms with E-state index in [1.807, 2.05) is 12.1 Å². The average Bonchev–Trinajstić information content (AvgIpc) is 2.91. The minimum atomic E-state index is 0.842. The Labute approximate surface area is 178 Å². The third-order valence-electron chi connectivity index (χ3n) is 6.84. The standard InChI is InChI=1S/C23H30ClN5/c24-21-7-2-1-4-19(21)17-27-10-8-18-16-25-23(26-22(18)9-11-27)29-14-12-28(13-15-29)20-5-3-6-20/h1-2,4,7,16,20H,3,5-6,8-15,17H2. The lowest BCUT2D eigenvalue weighted by Gasteiger charge is -2.43. The summed E-state index contributed by atoms with van der Waals surface area (Å²) in [6.45, 7) is 7.34. The van der Waals surface area contributed by atoms with Crippen molar-refractivity contribution in [2.75, 3.05) is 44.2 Å². The highest BCUT2D eigenvalue weighted by Crippen LogP contribution is 2.26. The lowest BCUT2D eigenvalue weighted by molar-refractivity contribution is 0.120. The van der Waals surface area contributed by atoms with Gasteiger partial charge in [-0.05, 0) is 36.5 Å². The van der Waals surface area contributed by atoms with Crippen molar-refractivity contribution in [3.63, 3.8) is 0 Å². The van der Waals surface area contributed by atoms with Crippen molar-refractivity contribution in [1.29, 1.82) is 0 Å². The summed E-state index contributed by atoms with van der Waals surface area (Å²) in [5.41, 5.74) is 3.75. The van der Waals surface area contributed by atoms with Crippen LogP contribution in [-0.4, -0.2) is 65.1 Å². The Morgan fingerprint density at radius 1 is 0.966 bits per heavy atom. The van der Waals surface area contributed by atoms with Crippen molar-refractivity contribution >= 4 is 17.5 Å². The Morgan fingerprint density at radius 2 is 1.76 bits per heavy atom. The number of hydrogen-bond donors (Lipinski definition) is 0. The van der Waals surface area contributed by atoms with Gasteiger partial charge < -0.3 is 4.90 Å². The van der Waals surface area contributed by atoms with Crippen LogP contribution in [0.2, 0.25) is 5.02 Å². The highest BCUT2D eigenvalue weighted by atomic mass is 35.5. The molecule has 2 fully saturated rings. The molecule has 5 nitrogen and oxygen atoms in total. The van der Waals surface area contributed by atoms with Gasteiger partial charge >= 0.3 is 0 Å². The maximum Gasteiger partial charge on any atom is 0.225 e. The maximum atomic E-state index is 6.36. The second-order valence-corrected chi connectivity index (χ2v) is 9.02. The molecule has 0 unspecified atom stereocenters. The normalized spacial score (nSPS) is 21.5. The lowest BCUT2D eigenvalue weighted by atomic mass is 9.91. The zero-order valence-electron chi connectivity index (χ0n) is 17.1. The van der Waals surface area contributed by atoms with E-state index in [4.69, 9.17) is 21.6 Å². The van der Waals surface area contributed by atoms with Gasteiger partial charge in [-0.1, -0.05) is 36.2 Å². The lowest BCUT2D eigenvalue weighted by Crippen LogP contribution is -2.52. The number of fused-ring (bicyclic) bond motifs is 1. The van der Waals surface area contributed by atoms with E-state index >= 15 is 0 Å².